The molecule has 0 saturated heterocycles. The minimum atomic E-state index is -0.0385. The SMILES string of the molecule is CCC(C)n1cccc(CC#N)c1=O. The molecule has 0 aliphatic carbocycles. The molecule has 3 heteroatoms. The summed E-state index contributed by atoms with van der Waals surface area (Å²) in [5.74, 6) is 0. The quantitative estimate of drug-likeness (QED) is 0.730. The summed E-state index contributed by atoms with van der Waals surface area (Å²) < 4.78 is 1.69. The van der Waals surface area contributed by atoms with Crippen LogP contribution >= 0.6 is 0 Å². The lowest BCUT2D eigenvalue weighted by atomic mass is 10.2. The summed E-state index contributed by atoms with van der Waals surface area (Å²) in [5, 5.41) is 8.53. The molecule has 0 fully saturated rings. The molecule has 1 unspecified atom stereocenters. The maximum Gasteiger partial charge on any atom is 0.255 e. The van der Waals surface area contributed by atoms with Crippen LogP contribution in [0.1, 0.15) is 31.9 Å². The maximum absolute atomic E-state index is 11.8. The molecule has 1 aromatic heterocycles. The first kappa shape index (κ1) is 10.5. The predicted octanol–water partition coefficient (Wildman–Crippen LogP) is 1.89. The van der Waals surface area contributed by atoms with Crippen LogP contribution in [0.3, 0.4) is 0 Å². The molecule has 0 aliphatic heterocycles. The lowest BCUT2D eigenvalue weighted by Gasteiger charge is -2.13. The number of nitriles is 1. The standard InChI is InChI=1S/C11H14N2O/c1-3-9(2)13-8-4-5-10(6-7-12)11(13)14/h4-5,8-9H,3,6H2,1-2H3. The zero-order valence-electron chi connectivity index (χ0n) is 8.53. The second kappa shape index (κ2) is 4.61. The Bertz CT molecular complexity index is 400. The lowest BCUT2D eigenvalue weighted by molar-refractivity contribution is 0.511. The zero-order chi connectivity index (χ0) is 10.6. The van der Waals surface area contributed by atoms with Gasteiger partial charge in [-0.2, -0.15) is 5.26 Å². The fourth-order valence-corrected chi connectivity index (χ4v) is 1.32. The molecule has 0 aliphatic rings. The number of rotatable bonds is 3. The van der Waals surface area contributed by atoms with Crippen LogP contribution in [0.15, 0.2) is 23.1 Å². The Morgan fingerprint density at radius 1 is 1.64 bits per heavy atom. The van der Waals surface area contributed by atoms with Crippen molar-refractivity contribution in [1.29, 1.82) is 5.26 Å². The first-order valence-electron chi connectivity index (χ1n) is 4.77. The van der Waals surface area contributed by atoms with Gasteiger partial charge in [0.05, 0.1) is 12.5 Å². The second-order valence-corrected chi connectivity index (χ2v) is 3.34. The van der Waals surface area contributed by atoms with Gasteiger partial charge < -0.3 is 4.57 Å². The first-order valence-corrected chi connectivity index (χ1v) is 4.77. The highest BCUT2D eigenvalue weighted by Crippen LogP contribution is 2.06. The Balaban J connectivity index is 3.15. The van der Waals surface area contributed by atoms with Crippen molar-refractivity contribution in [2.24, 2.45) is 0 Å². The summed E-state index contributed by atoms with van der Waals surface area (Å²) in [6.45, 7) is 4.03. The topological polar surface area (TPSA) is 45.8 Å². The van der Waals surface area contributed by atoms with Crippen molar-refractivity contribution in [3.8, 4) is 6.07 Å². The fourth-order valence-electron chi connectivity index (χ4n) is 1.32. The Morgan fingerprint density at radius 2 is 2.36 bits per heavy atom. The van der Waals surface area contributed by atoms with Gasteiger partial charge in [-0.3, -0.25) is 4.79 Å². The van der Waals surface area contributed by atoms with E-state index in [1.165, 1.54) is 0 Å². The van der Waals surface area contributed by atoms with Crippen LogP contribution in [0.25, 0.3) is 0 Å². The van der Waals surface area contributed by atoms with E-state index in [4.69, 9.17) is 5.26 Å². The molecular weight excluding hydrogens is 176 g/mol. The highest BCUT2D eigenvalue weighted by molar-refractivity contribution is 5.14. The molecule has 1 rings (SSSR count). The highest BCUT2D eigenvalue weighted by atomic mass is 16.1. The molecular formula is C11H14N2O. The van der Waals surface area contributed by atoms with E-state index >= 15 is 0 Å². The summed E-state index contributed by atoms with van der Waals surface area (Å²) in [7, 11) is 0. The largest absolute Gasteiger partial charge is 0.313 e. The summed E-state index contributed by atoms with van der Waals surface area (Å²) in [5.41, 5.74) is 0.540. The van der Waals surface area contributed by atoms with Crippen LogP contribution in [-0.4, -0.2) is 4.57 Å². The molecule has 1 aromatic rings. The molecule has 0 aromatic carbocycles. The number of hydrogen-bond donors (Lipinski definition) is 0. The van der Waals surface area contributed by atoms with Crippen molar-refractivity contribution in [1.82, 2.24) is 4.57 Å². The van der Waals surface area contributed by atoms with Gasteiger partial charge in [0, 0.05) is 17.8 Å². The molecule has 0 amide bonds. The van der Waals surface area contributed by atoms with Gasteiger partial charge in [0.2, 0.25) is 0 Å². The molecule has 0 spiro atoms. The third-order valence-electron chi connectivity index (χ3n) is 2.39. The van der Waals surface area contributed by atoms with Crippen LogP contribution in [0, 0.1) is 11.3 Å². The Hall–Kier alpha value is -1.56. The summed E-state index contributed by atoms with van der Waals surface area (Å²) in [6, 6.07) is 5.72. The van der Waals surface area contributed by atoms with Gasteiger partial charge in [0.15, 0.2) is 0 Å². The van der Waals surface area contributed by atoms with E-state index < -0.39 is 0 Å². The van der Waals surface area contributed by atoms with E-state index in [1.807, 2.05) is 26.0 Å². The van der Waals surface area contributed by atoms with Gasteiger partial charge in [-0.15, -0.1) is 0 Å². The van der Waals surface area contributed by atoms with E-state index in [0.717, 1.165) is 6.42 Å². The minimum Gasteiger partial charge on any atom is -0.313 e. The van der Waals surface area contributed by atoms with Gasteiger partial charge in [0.1, 0.15) is 0 Å². The van der Waals surface area contributed by atoms with Gasteiger partial charge >= 0.3 is 0 Å². The number of pyridine rings is 1. The molecule has 0 N–H and O–H groups in total. The molecule has 3 nitrogen and oxygen atoms in total. The van der Waals surface area contributed by atoms with Crippen LogP contribution in [0.4, 0.5) is 0 Å². The summed E-state index contributed by atoms with van der Waals surface area (Å²) >= 11 is 0. The predicted molar refractivity (Wildman–Crippen MR) is 55.0 cm³/mol. The average molecular weight is 190 g/mol. The van der Waals surface area contributed by atoms with E-state index in [1.54, 1.807) is 16.8 Å². The van der Waals surface area contributed by atoms with Crippen molar-refractivity contribution in [3.63, 3.8) is 0 Å². The Labute approximate surface area is 83.6 Å². The number of aromatic nitrogens is 1. The van der Waals surface area contributed by atoms with Gasteiger partial charge in [-0.05, 0) is 19.4 Å². The van der Waals surface area contributed by atoms with Crippen LogP contribution < -0.4 is 5.56 Å². The molecule has 1 heterocycles. The van der Waals surface area contributed by atoms with Crippen LogP contribution in [-0.2, 0) is 6.42 Å². The number of nitrogens with zero attached hydrogens (tertiary/aromatic N) is 2. The smallest absolute Gasteiger partial charge is 0.255 e. The average Bonchev–Trinajstić information content (AvgIpc) is 2.20. The molecule has 0 saturated carbocycles. The zero-order valence-corrected chi connectivity index (χ0v) is 8.53. The minimum absolute atomic E-state index is 0.0385. The molecule has 74 valence electrons. The van der Waals surface area contributed by atoms with Crippen molar-refractivity contribution in [3.05, 3.63) is 34.2 Å². The second-order valence-electron chi connectivity index (χ2n) is 3.34. The molecule has 0 radical (unpaired) electrons. The molecule has 0 bridgehead atoms. The third kappa shape index (κ3) is 2.02. The van der Waals surface area contributed by atoms with Crippen molar-refractivity contribution in [2.45, 2.75) is 32.7 Å². The van der Waals surface area contributed by atoms with E-state index in [9.17, 15) is 4.79 Å². The lowest BCUT2D eigenvalue weighted by Crippen LogP contribution is -2.25. The monoisotopic (exact) mass is 190 g/mol. The maximum atomic E-state index is 11.8. The number of hydrogen-bond acceptors (Lipinski definition) is 2. The first-order chi connectivity index (χ1) is 6.70. The third-order valence-corrected chi connectivity index (χ3v) is 2.39. The van der Waals surface area contributed by atoms with Crippen LogP contribution in [0.5, 0.6) is 0 Å². The summed E-state index contributed by atoms with van der Waals surface area (Å²) in [6.07, 6.45) is 2.88. The van der Waals surface area contributed by atoms with Crippen LogP contribution in [0.2, 0.25) is 0 Å². The normalized spacial score (nSPS) is 12.1. The Kier molecular flexibility index (Phi) is 3.47. The Morgan fingerprint density at radius 3 is 2.93 bits per heavy atom. The molecule has 1 atom stereocenters. The van der Waals surface area contributed by atoms with Crippen molar-refractivity contribution in [2.75, 3.05) is 0 Å². The van der Waals surface area contributed by atoms with E-state index in [2.05, 4.69) is 0 Å². The van der Waals surface area contributed by atoms with Gasteiger partial charge in [-0.25, -0.2) is 0 Å². The fraction of sp³-hybridized carbons (Fsp3) is 0.455. The van der Waals surface area contributed by atoms with Crippen molar-refractivity contribution < 1.29 is 0 Å². The summed E-state index contributed by atoms with van der Waals surface area (Å²) in [4.78, 5) is 11.8. The van der Waals surface area contributed by atoms with E-state index in [-0.39, 0.29) is 18.0 Å². The van der Waals surface area contributed by atoms with Gasteiger partial charge in [-0.1, -0.05) is 13.0 Å². The van der Waals surface area contributed by atoms with Gasteiger partial charge in [0.25, 0.3) is 5.56 Å². The molecule has 14 heavy (non-hydrogen) atoms. The van der Waals surface area contributed by atoms with E-state index in [0.29, 0.717) is 5.56 Å². The van der Waals surface area contributed by atoms with Crippen molar-refractivity contribution >= 4 is 0 Å². The highest BCUT2D eigenvalue weighted by Gasteiger charge is 2.06.